The molecule has 2 aromatic carbocycles. The molecular formula is C19H14BrNO5. The maximum atomic E-state index is 12.1. The lowest BCUT2D eigenvalue weighted by Gasteiger charge is -2.10. The highest BCUT2D eigenvalue weighted by molar-refractivity contribution is 9.10. The topological polar surface area (TPSA) is 74.2 Å². The van der Waals surface area contributed by atoms with Gasteiger partial charge in [-0.3, -0.25) is 4.79 Å². The van der Waals surface area contributed by atoms with Gasteiger partial charge in [-0.05, 0) is 35.9 Å². The van der Waals surface area contributed by atoms with Gasteiger partial charge >= 0.3 is 11.9 Å². The first-order chi connectivity index (χ1) is 12.5. The molecule has 0 bridgehead atoms. The minimum Gasteiger partial charge on any atom is -0.493 e. The van der Waals surface area contributed by atoms with Crippen molar-refractivity contribution in [3.63, 3.8) is 0 Å². The fourth-order valence-corrected chi connectivity index (χ4v) is 2.75. The van der Waals surface area contributed by atoms with Crippen LogP contribution in [0.3, 0.4) is 0 Å². The van der Waals surface area contributed by atoms with Crippen molar-refractivity contribution in [1.82, 2.24) is 0 Å². The molecule has 1 aliphatic rings. The van der Waals surface area contributed by atoms with E-state index in [1.807, 2.05) is 30.3 Å². The average molecular weight is 416 g/mol. The van der Waals surface area contributed by atoms with Crippen molar-refractivity contribution in [3.05, 3.63) is 63.8 Å². The van der Waals surface area contributed by atoms with E-state index >= 15 is 0 Å². The Bertz CT molecular complexity index is 934. The number of ether oxygens (including phenoxy) is 3. The van der Waals surface area contributed by atoms with E-state index in [2.05, 4.69) is 20.9 Å². The van der Waals surface area contributed by atoms with Crippen LogP contribution in [0, 0.1) is 0 Å². The largest absolute Gasteiger partial charge is 0.493 e. The van der Waals surface area contributed by atoms with Crippen molar-refractivity contribution in [1.29, 1.82) is 0 Å². The number of halogens is 1. The number of methoxy groups -OCH3 is 1. The zero-order valence-corrected chi connectivity index (χ0v) is 15.6. The van der Waals surface area contributed by atoms with Crippen LogP contribution < -0.4 is 9.47 Å². The lowest BCUT2D eigenvalue weighted by atomic mass is 10.1. The lowest BCUT2D eigenvalue weighted by molar-refractivity contribution is -0.132. The third kappa shape index (κ3) is 3.83. The van der Waals surface area contributed by atoms with Gasteiger partial charge in [-0.15, -0.1) is 0 Å². The van der Waals surface area contributed by atoms with E-state index in [1.165, 1.54) is 14.0 Å². The maximum absolute atomic E-state index is 12.1. The van der Waals surface area contributed by atoms with Gasteiger partial charge in [-0.25, -0.2) is 9.79 Å². The van der Waals surface area contributed by atoms with Gasteiger partial charge in [0.1, 0.15) is 0 Å². The Morgan fingerprint density at radius 3 is 2.58 bits per heavy atom. The smallest absolute Gasteiger partial charge is 0.363 e. The molecule has 0 fully saturated rings. The monoisotopic (exact) mass is 415 g/mol. The van der Waals surface area contributed by atoms with Crippen molar-refractivity contribution < 1.29 is 23.8 Å². The molecule has 0 N–H and O–H groups in total. The van der Waals surface area contributed by atoms with Crippen molar-refractivity contribution in [2.24, 2.45) is 4.99 Å². The zero-order valence-electron chi connectivity index (χ0n) is 14.0. The molecule has 0 saturated carbocycles. The van der Waals surface area contributed by atoms with Gasteiger partial charge in [-0.1, -0.05) is 34.1 Å². The Morgan fingerprint density at radius 1 is 1.19 bits per heavy atom. The van der Waals surface area contributed by atoms with Gasteiger partial charge in [0.25, 0.3) is 0 Å². The molecule has 0 radical (unpaired) electrons. The van der Waals surface area contributed by atoms with E-state index in [1.54, 1.807) is 18.2 Å². The maximum Gasteiger partial charge on any atom is 0.363 e. The third-order valence-electron chi connectivity index (χ3n) is 3.47. The van der Waals surface area contributed by atoms with Gasteiger partial charge < -0.3 is 14.2 Å². The second kappa shape index (κ2) is 7.53. The molecule has 0 spiro atoms. The van der Waals surface area contributed by atoms with Crippen LogP contribution >= 0.6 is 15.9 Å². The third-order valence-corrected chi connectivity index (χ3v) is 4.16. The number of hydrogen-bond acceptors (Lipinski definition) is 6. The van der Waals surface area contributed by atoms with Crippen molar-refractivity contribution in [2.45, 2.75) is 6.92 Å². The molecular weight excluding hydrogens is 402 g/mol. The highest BCUT2D eigenvalue weighted by Crippen LogP contribution is 2.35. The van der Waals surface area contributed by atoms with Gasteiger partial charge in [0.2, 0.25) is 5.90 Å². The number of cyclic esters (lactones) is 1. The Labute approximate surface area is 158 Å². The summed E-state index contributed by atoms with van der Waals surface area (Å²) in [7, 11) is 1.46. The quantitative estimate of drug-likeness (QED) is 0.432. The molecule has 0 saturated heterocycles. The molecule has 0 aromatic heterocycles. The summed E-state index contributed by atoms with van der Waals surface area (Å²) in [6, 6.07) is 12.4. The number of rotatable bonds is 4. The fourth-order valence-electron chi connectivity index (χ4n) is 2.32. The fraction of sp³-hybridized carbons (Fsp3) is 0.105. The number of esters is 2. The van der Waals surface area contributed by atoms with Crippen LogP contribution in [0.25, 0.3) is 6.08 Å². The summed E-state index contributed by atoms with van der Waals surface area (Å²) in [6.45, 7) is 1.30. The summed E-state index contributed by atoms with van der Waals surface area (Å²) in [5, 5.41) is 0. The Hall–Kier alpha value is -2.93. The highest BCUT2D eigenvalue weighted by Gasteiger charge is 2.24. The number of hydrogen-bond donors (Lipinski definition) is 0. The Kier molecular flexibility index (Phi) is 5.18. The molecule has 6 nitrogen and oxygen atoms in total. The van der Waals surface area contributed by atoms with Crippen molar-refractivity contribution >= 4 is 39.8 Å². The Balaban J connectivity index is 1.98. The number of carbonyl (C=O) groups excluding carboxylic acids is 2. The summed E-state index contributed by atoms with van der Waals surface area (Å²) < 4.78 is 16.2. The van der Waals surface area contributed by atoms with E-state index in [-0.39, 0.29) is 17.3 Å². The van der Waals surface area contributed by atoms with Gasteiger partial charge in [-0.2, -0.15) is 0 Å². The van der Waals surface area contributed by atoms with Crippen LogP contribution in [0.4, 0.5) is 0 Å². The number of carbonyl (C=O) groups is 2. The summed E-state index contributed by atoms with van der Waals surface area (Å²) in [6.07, 6.45) is 1.57. The van der Waals surface area contributed by atoms with Crippen LogP contribution in [0.15, 0.2) is 57.6 Å². The summed E-state index contributed by atoms with van der Waals surface area (Å²) in [5.74, 6) is -0.122. The van der Waals surface area contributed by atoms with Crippen LogP contribution in [0.1, 0.15) is 18.1 Å². The molecule has 1 heterocycles. The minimum absolute atomic E-state index is 0.159. The van der Waals surface area contributed by atoms with E-state index in [4.69, 9.17) is 14.2 Å². The number of nitrogens with zero attached hydrogens (tertiary/aromatic N) is 1. The van der Waals surface area contributed by atoms with Gasteiger partial charge in [0.15, 0.2) is 17.2 Å². The van der Waals surface area contributed by atoms with Crippen molar-refractivity contribution in [3.8, 4) is 11.5 Å². The SMILES string of the molecule is COc1cc(C=C2N=C(c3ccccc3)OC2=O)c(Br)cc1OC(C)=O. The highest BCUT2D eigenvalue weighted by atomic mass is 79.9. The second-order valence-corrected chi connectivity index (χ2v) is 6.17. The van der Waals surface area contributed by atoms with Crippen LogP contribution in [-0.4, -0.2) is 24.9 Å². The molecule has 0 atom stereocenters. The predicted octanol–water partition coefficient (Wildman–Crippen LogP) is 3.73. The van der Waals surface area contributed by atoms with Crippen molar-refractivity contribution in [2.75, 3.05) is 7.11 Å². The standard InChI is InChI=1S/C19H14BrNO5/c1-11(22)25-17-10-14(20)13(9-16(17)24-2)8-15-19(23)26-18(21-15)12-6-4-3-5-7-12/h3-10H,1-2H3. The van der Waals surface area contributed by atoms with Crippen LogP contribution in [0.5, 0.6) is 11.5 Å². The molecule has 0 amide bonds. The van der Waals surface area contributed by atoms with Crippen LogP contribution in [-0.2, 0) is 14.3 Å². The van der Waals surface area contributed by atoms with Gasteiger partial charge in [0, 0.05) is 17.0 Å². The first kappa shape index (κ1) is 17.9. The molecule has 0 unspecified atom stereocenters. The summed E-state index contributed by atoms with van der Waals surface area (Å²) in [4.78, 5) is 27.6. The normalized spacial score (nSPS) is 14.8. The average Bonchev–Trinajstić information content (AvgIpc) is 2.98. The lowest BCUT2D eigenvalue weighted by Crippen LogP contribution is -2.05. The Morgan fingerprint density at radius 2 is 1.92 bits per heavy atom. The molecule has 2 aromatic rings. The number of aliphatic imine (C=N–C) groups is 1. The molecule has 1 aliphatic heterocycles. The van der Waals surface area contributed by atoms with E-state index in [0.29, 0.717) is 21.3 Å². The molecule has 3 rings (SSSR count). The van der Waals surface area contributed by atoms with E-state index in [0.717, 1.165) is 0 Å². The summed E-state index contributed by atoms with van der Waals surface area (Å²) >= 11 is 3.40. The molecule has 0 aliphatic carbocycles. The zero-order chi connectivity index (χ0) is 18.7. The van der Waals surface area contributed by atoms with E-state index < -0.39 is 11.9 Å². The molecule has 26 heavy (non-hydrogen) atoms. The van der Waals surface area contributed by atoms with Crippen LogP contribution in [0.2, 0.25) is 0 Å². The van der Waals surface area contributed by atoms with Gasteiger partial charge in [0.05, 0.1) is 7.11 Å². The minimum atomic E-state index is -0.543. The number of benzene rings is 2. The second-order valence-electron chi connectivity index (χ2n) is 5.32. The molecule has 7 heteroatoms. The van der Waals surface area contributed by atoms with E-state index in [9.17, 15) is 9.59 Å². The first-order valence-electron chi connectivity index (χ1n) is 7.62. The summed E-state index contributed by atoms with van der Waals surface area (Å²) in [5.41, 5.74) is 1.50. The predicted molar refractivity (Wildman–Crippen MR) is 99.1 cm³/mol. The first-order valence-corrected chi connectivity index (χ1v) is 8.41. The molecule has 132 valence electrons.